The quantitative estimate of drug-likeness (QED) is 0.598. The van der Waals surface area contributed by atoms with Gasteiger partial charge in [0, 0.05) is 12.7 Å². The van der Waals surface area contributed by atoms with Crippen molar-refractivity contribution in [2.45, 2.75) is 65.3 Å². The summed E-state index contributed by atoms with van der Waals surface area (Å²) in [5.74, 6) is 0.785. The second kappa shape index (κ2) is 8.31. The van der Waals surface area contributed by atoms with Gasteiger partial charge in [0.1, 0.15) is 0 Å². The zero-order valence-electron chi connectivity index (χ0n) is 10.7. The highest BCUT2D eigenvalue weighted by molar-refractivity contribution is 4.67. The highest BCUT2D eigenvalue weighted by Gasteiger charge is 2.09. The monoisotopic (exact) mass is 223 g/mol. The Hall–Kier alpha value is -0.860. The van der Waals surface area contributed by atoms with Gasteiger partial charge in [-0.2, -0.15) is 0 Å². The number of nitrogens with zero attached hydrogens (tertiary/aromatic N) is 3. The average Bonchev–Trinajstić information content (AvgIpc) is 2.78. The fourth-order valence-electron chi connectivity index (χ4n) is 2.10. The first-order valence-corrected chi connectivity index (χ1v) is 6.70. The number of unbranched alkanes of at least 4 members (excludes halogenated alkanes) is 3. The molecule has 1 unspecified atom stereocenters. The summed E-state index contributed by atoms with van der Waals surface area (Å²) in [6.07, 6.45) is 13.1. The summed E-state index contributed by atoms with van der Waals surface area (Å²) in [5, 5.41) is 7.92. The van der Waals surface area contributed by atoms with Gasteiger partial charge in [0.25, 0.3) is 0 Å². The lowest BCUT2D eigenvalue weighted by Gasteiger charge is -2.16. The third-order valence-corrected chi connectivity index (χ3v) is 3.10. The van der Waals surface area contributed by atoms with Crippen molar-refractivity contribution in [3.05, 3.63) is 12.4 Å². The highest BCUT2D eigenvalue weighted by atomic mass is 15.4. The summed E-state index contributed by atoms with van der Waals surface area (Å²) in [6.45, 7) is 5.57. The molecule has 0 N–H and O–H groups in total. The summed E-state index contributed by atoms with van der Waals surface area (Å²) in [4.78, 5) is 0. The van der Waals surface area contributed by atoms with Crippen molar-refractivity contribution < 1.29 is 0 Å². The molecule has 92 valence electrons. The molecule has 0 fully saturated rings. The molecule has 0 spiro atoms. The van der Waals surface area contributed by atoms with E-state index in [1.54, 1.807) is 6.20 Å². The molecular formula is C13H25N3. The van der Waals surface area contributed by atoms with E-state index in [4.69, 9.17) is 0 Å². The molecule has 0 amide bonds. The van der Waals surface area contributed by atoms with Gasteiger partial charge in [-0.15, -0.1) is 5.10 Å². The number of hydrogen-bond donors (Lipinski definition) is 0. The molecule has 0 aromatic carbocycles. The Morgan fingerprint density at radius 2 is 1.81 bits per heavy atom. The minimum Gasteiger partial charge on any atom is -0.252 e. The van der Waals surface area contributed by atoms with E-state index in [0.29, 0.717) is 0 Å². The lowest BCUT2D eigenvalue weighted by molar-refractivity contribution is 0.345. The van der Waals surface area contributed by atoms with Gasteiger partial charge >= 0.3 is 0 Å². The third-order valence-electron chi connectivity index (χ3n) is 3.10. The van der Waals surface area contributed by atoms with Crippen LogP contribution in [0.1, 0.15) is 58.8 Å². The maximum atomic E-state index is 4.06. The fraction of sp³-hybridized carbons (Fsp3) is 0.846. The van der Waals surface area contributed by atoms with Crippen LogP contribution in [0.3, 0.4) is 0 Å². The molecule has 0 bridgehead atoms. The zero-order valence-corrected chi connectivity index (χ0v) is 10.7. The first-order chi connectivity index (χ1) is 7.86. The Balaban J connectivity index is 2.31. The lowest BCUT2D eigenvalue weighted by Crippen LogP contribution is -2.11. The van der Waals surface area contributed by atoms with Gasteiger partial charge in [0.2, 0.25) is 0 Å². The molecule has 0 aliphatic heterocycles. The molecule has 0 radical (unpaired) electrons. The zero-order chi connectivity index (χ0) is 11.6. The van der Waals surface area contributed by atoms with Gasteiger partial charge in [-0.05, 0) is 18.8 Å². The van der Waals surface area contributed by atoms with Crippen molar-refractivity contribution in [3.63, 3.8) is 0 Å². The molecule has 0 saturated heterocycles. The molecular weight excluding hydrogens is 198 g/mol. The summed E-state index contributed by atoms with van der Waals surface area (Å²) in [5.41, 5.74) is 0. The normalized spacial score (nSPS) is 12.9. The first kappa shape index (κ1) is 13.2. The van der Waals surface area contributed by atoms with Crippen LogP contribution in [0.2, 0.25) is 0 Å². The molecule has 1 aromatic heterocycles. The summed E-state index contributed by atoms with van der Waals surface area (Å²) >= 11 is 0. The maximum absolute atomic E-state index is 4.06. The van der Waals surface area contributed by atoms with Crippen LogP contribution in [-0.2, 0) is 6.54 Å². The van der Waals surface area contributed by atoms with Crippen LogP contribution >= 0.6 is 0 Å². The molecule has 0 saturated carbocycles. The molecule has 0 aliphatic rings. The Labute approximate surface area is 99.2 Å². The first-order valence-electron chi connectivity index (χ1n) is 6.70. The Bertz CT molecular complexity index is 244. The van der Waals surface area contributed by atoms with Crippen molar-refractivity contribution in [2.75, 3.05) is 0 Å². The molecule has 0 aliphatic carbocycles. The summed E-state index contributed by atoms with van der Waals surface area (Å²) < 4.78 is 1.98. The molecule has 16 heavy (non-hydrogen) atoms. The van der Waals surface area contributed by atoms with Crippen molar-refractivity contribution in [3.8, 4) is 0 Å². The van der Waals surface area contributed by atoms with Crippen molar-refractivity contribution in [2.24, 2.45) is 5.92 Å². The maximum Gasteiger partial charge on any atom is 0.0692 e. The topological polar surface area (TPSA) is 30.7 Å². The van der Waals surface area contributed by atoms with Crippen LogP contribution < -0.4 is 0 Å². The van der Waals surface area contributed by atoms with Crippen molar-refractivity contribution in [1.29, 1.82) is 0 Å². The van der Waals surface area contributed by atoms with Crippen LogP contribution in [0.15, 0.2) is 12.4 Å². The minimum absolute atomic E-state index is 0.785. The van der Waals surface area contributed by atoms with E-state index in [0.717, 1.165) is 12.5 Å². The molecule has 1 rings (SSSR count). The Morgan fingerprint density at radius 1 is 1.06 bits per heavy atom. The van der Waals surface area contributed by atoms with E-state index in [1.807, 2.05) is 10.9 Å². The number of rotatable bonds is 9. The van der Waals surface area contributed by atoms with Crippen molar-refractivity contribution >= 4 is 0 Å². The SMILES string of the molecule is CCCCCC(CCCC)Cn1ccnn1. The third kappa shape index (κ3) is 5.29. The van der Waals surface area contributed by atoms with E-state index in [1.165, 1.54) is 44.9 Å². The van der Waals surface area contributed by atoms with E-state index in [9.17, 15) is 0 Å². The Kier molecular flexibility index (Phi) is 6.86. The summed E-state index contributed by atoms with van der Waals surface area (Å²) in [6, 6.07) is 0. The smallest absolute Gasteiger partial charge is 0.0692 e. The van der Waals surface area contributed by atoms with E-state index in [2.05, 4.69) is 24.2 Å². The molecule has 1 atom stereocenters. The van der Waals surface area contributed by atoms with Crippen LogP contribution in [0.5, 0.6) is 0 Å². The standard InChI is InChI=1S/C13H25N3/c1-3-5-7-9-13(8-6-4-2)12-16-11-10-14-15-16/h10-11,13H,3-9,12H2,1-2H3. The van der Waals surface area contributed by atoms with Crippen LogP contribution in [-0.4, -0.2) is 15.0 Å². The van der Waals surface area contributed by atoms with Gasteiger partial charge < -0.3 is 0 Å². The van der Waals surface area contributed by atoms with Gasteiger partial charge in [-0.3, -0.25) is 4.68 Å². The molecule has 3 nitrogen and oxygen atoms in total. The predicted molar refractivity (Wildman–Crippen MR) is 67.2 cm³/mol. The second-order valence-electron chi connectivity index (χ2n) is 4.63. The van der Waals surface area contributed by atoms with Gasteiger partial charge in [0.15, 0.2) is 0 Å². The van der Waals surface area contributed by atoms with Crippen LogP contribution in [0.25, 0.3) is 0 Å². The second-order valence-corrected chi connectivity index (χ2v) is 4.63. The average molecular weight is 223 g/mol. The number of aromatic nitrogens is 3. The van der Waals surface area contributed by atoms with Crippen LogP contribution in [0.4, 0.5) is 0 Å². The lowest BCUT2D eigenvalue weighted by atomic mass is 9.95. The highest BCUT2D eigenvalue weighted by Crippen LogP contribution is 2.18. The van der Waals surface area contributed by atoms with Crippen LogP contribution in [0, 0.1) is 5.92 Å². The van der Waals surface area contributed by atoms with Gasteiger partial charge in [-0.1, -0.05) is 51.2 Å². The summed E-state index contributed by atoms with van der Waals surface area (Å²) in [7, 11) is 0. The van der Waals surface area contributed by atoms with E-state index >= 15 is 0 Å². The molecule has 1 aromatic rings. The van der Waals surface area contributed by atoms with E-state index in [-0.39, 0.29) is 0 Å². The van der Waals surface area contributed by atoms with Gasteiger partial charge in [0.05, 0.1) is 6.20 Å². The van der Waals surface area contributed by atoms with Crippen molar-refractivity contribution in [1.82, 2.24) is 15.0 Å². The number of hydrogen-bond acceptors (Lipinski definition) is 2. The minimum atomic E-state index is 0.785. The predicted octanol–water partition coefficient (Wildman–Crippen LogP) is 3.66. The Morgan fingerprint density at radius 3 is 2.44 bits per heavy atom. The molecule has 3 heteroatoms. The fourth-order valence-corrected chi connectivity index (χ4v) is 2.10. The van der Waals surface area contributed by atoms with Gasteiger partial charge in [-0.25, -0.2) is 0 Å². The molecule has 1 heterocycles. The van der Waals surface area contributed by atoms with E-state index < -0.39 is 0 Å². The largest absolute Gasteiger partial charge is 0.252 e.